The Balaban J connectivity index is 2.13. The molecule has 21 heavy (non-hydrogen) atoms. The Morgan fingerprint density at radius 3 is 1.81 bits per heavy atom. The molecule has 2 aromatic heterocycles. The van der Waals surface area contributed by atoms with Crippen molar-refractivity contribution in [3.8, 4) is 28.3 Å². The molecule has 0 fully saturated rings. The van der Waals surface area contributed by atoms with Gasteiger partial charge in [-0.3, -0.25) is 9.97 Å². The quantitative estimate of drug-likeness (QED) is 0.726. The smallest absolute Gasteiger partial charge is 0.0669 e. The zero-order valence-electron chi connectivity index (χ0n) is 11.4. The molecule has 0 atom stereocenters. The summed E-state index contributed by atoms with van der Waals surface area (Å²) in [5, 5.41) is 8.97. The van der Waals surface area contributed by atoms with Crippen molar-refractivity contribution in [3.05, 3.63) is 72.8 Å². The summed E-state index contributed by atoms with van der Waals surface area (Å²) in [5.74, 6) is 0. The lowest BCUT2D eigenvalue weighted by Gasteiger charge is -2.08. The van der Waals surface area contributed by atoms with E-state index in [1.54, 1.807) is 12.4 Å². The van der Waals surface area contributed by atoms with E-state index in [2.05, 4.69) is 22.1 Å². The van der Waals surface area contributed by atoms with Crippen LogP contribution in [-0.4, -0.2) is 9.97 Å². The van der Waals surface area contributed by atoms with Gasteiger partial charge in [-0.15, -0.1) is 0 Å². The minimum atomic E-state index is 0.390. The molecule has 0 unspecified atom stereocenters. The molecule has 0 N–H and O–H groups in total. The van der Waals surface area contributed by atoms with Gasteiger partial charge in [-0.25, -0.2) is 0 Å². The molecule has 2 heterocycles. The average Bonchev–Trinajstić information content (AvgIpc) is 2.56. The second-order valence-electron chi connectivity index (χ2n) is 4.74. The minimum absolute atomic E-state index is 0.390. The maximum Gasteiger partial charge on any atom is 0.0669 e. The molecule has 3 nitrogen and oxygen atoms in total. The van der Waals surface area contributed by atoms with Crippen molar-refractivity contribution in [3.63, 3.8) is 0 Å². The highest BCUT2D eigenvalue weighted by Gasteiger charge is 2.05. The summed E-state index contributed by atoms with van der Waals surface area (Å²) in [6, 6.07) is 16.3. The van der Waals surface area contributed by atoms with Crippen LogP contribution in [0.3, 0.4) is 0 Å². The monoisotopic (exact) mass is 271 g/mol. The topological polar surface area (TPSA) is 49.6 Å². The lowest BCUT2D eigenvalue weighted by atomic mass is 9.96. The van der Waals surface area contributed by atoms with Gasteiger partial charge in [-0.05, 0) is 34.9 Å². The number of rotatable bonds is 3. The predicted octanol–water partition coefficient (Wildman–Crippen LogP) is 3.88. The number of pyridine rings is 2. The molecule has 0 radical (unpaired) electrons. The van der Waals surface area contributed by atoms with Gasteiger partial charge in [0.15, 0.2) is 0 Å². The molecule has 0 amide bonds. The SMILES string of the molecule is N#CCc1cc(-c2cccnc2)cc(-c2cccnc2)c1. The summed E-state index contributed by atoms with van der Waals surface area (Å²) in [6.07, 6.45) is 7.56. The summed E-state index contributed by atoms with van der Waals surface area (Å²) in [5.41, 5.74) is 5.21. The van der Waals surface area contributed by atoms with Gasteiger partial charge in [0.25, 0.3) is 0 Å². The maximum absolute atomic E-state index is 8.97. The summed E-state index contributed by atoms with van der Waals surface area (Å²) in [6.45, 7) is 0. The molecule has 0 aliphatic rings. The van der Waals surface area contributed by atoms with Crippen molar-refractivity contribution in [1.29, 1.82) is 5.26 Å². The molecule has 3 heteroatoms. The van der Waals surface area contributed by atoms with E-state index in [0.717, 1.165) is 27.8 Å². The molecule has 0 spiro atoms. The Kier molecular flexibility index (Phi) is 3.70. The largest absolute Gasteiger partial charge is 0.264 e. The number of nitrogens with zero attached hydrogens (tertiary/aromatic N) is 3. The fraction of sp³-hybridized carbons (Fsp3) is 0.0556. The predicted molar refractivity (Wildman–Crippen MR) is 82.2 cm³/mol. The fourth-order valence-electron chi connectivity index (χ4n) is 2.29. The van der Waals surface area contributed by atoms with Crippen molar-refractivity contribution in [2.24, 2.45) is 0 Å². The van der Waals surface area contributed by atoms with Crippen LogP contribution in [0.4, 0.5) is 0 Å². The molecule has 3 rings (SSSR count). The van der Waals surface area contributed by atoms with Gasteiger partial charge in [-0.2, -0.15) is 5.26 Å². The van der Waals surface area contributed by atoms with E-state index < -0.39 is 0 Å². The highest BCUT2D eigenvalue weighted by molar-refractivity contribution is 5.73. The first-order valence-corrected chi connectivity index (χ1v) is 6.68. The molecule has 1 aromatic carbocycles. The standard InChI is InChI=1S/C18H13N3/c19-6-5-14-9-17(15-3-1-7-20-12-15)11-18(10-14)16-4-2-8-21-13-16/h1-4,7-13H,5H2. The van der Waals surface area contributed by atoms with Crippen LogP contribution in [-0.2, 0) is 6.42 Å². The first-order chi connectivity index (χ1) is 10.4. The highest BCUT2D eigenvalue weighted by atomic mass is 14.6. The van der Waals surface area contributed by atoms with Crippen LogP contribution in [0.15, 0.2) is 67.3 Å². The van der Waals surface area contributed by atoms with Crippen LogP contribution < -0.4 is 0 Å². The third-order valence-corrected chi connectivity index (χ3v) is 3.27. The summed E-state index contributed by atoms with van der Waals surface area (Å²) < 4.78 is 0. The number of aromatic nitrogens is 2. The molecule has 0 aliphatic heterocycles. The van der Waals surface area contributed by atoms with E-state index in [-0.39, 0.29) is 0 Å². The van der Waals surface area contributed by atoms with E-state index >= 15 is 0 Å². The van der Waals surface area contributed by atoms with Crippen molar-refractivity contribution < 1.29 is 0 Å². The third kappa shape index (κ3) is 2.96. The van der Waals surface area contributed by atoms with E-state index in [1.165, 1.54) is 0 Å². The molecule has 3 aromatic rings. The Hall–Kier alpha value is -2.99. The molecular weight excluding hydrogens is 258 g/mol. The van der Waals surface area contributed by atoms with Crippen LogP contribution in [0, 0.1) is 11.3 Å². The Morgan fingerprint density at radius 1 is 0.810 bits per heavy atom. The third-order valence-electron chi connectivity index (χ3n) is 3.27. The van der Waals surface area contributed by atoms with E-state index in [0.29, 0.717) is 6.42 Å². The summed E-state index contributed by atoms with van der Waals surface area (Å²) in [4.78, 5) is 8.32. The first-order valence-electron chi connectivity index (χ1n) is 6.68. The minimum Gasteiger partial charge on any atom is -0.264 e. The molecular formula is C18H13N3. The van der Waals surface area contributed by atoms with Crippen LogP contribution in [0.2, 0.25) is 0 Å². The fourth-order valence-corrected chi connectivity index (χ4v) is 2.29. The molecule has 0 bridgehead atoms. The number of hydrogen-bond acceptors (Lipinski definition) is 3. The second kappa shape index (κ2) is 5.98. The number of hydrogen-bond donors (Lipinski definition) is 0. The number of benzene rings is 1. The Bertz CT molecular complexity index is 717. The van der Waals surface area contributed by atoms with Gasteiger partial charge >= 0.3 is 0 Å². The van der Waals surface area contributed by atoms with Crippen LogP contribution in [0.25, 0.3) is 22.3 Å². The summed E-state index contributed by atoms with van der Waals surface area (Å²) >= 11 is 0. The van der Waals surface area contributed by atoms with Gasteiger partial charge in [0, 0.05) is 35.9 Å². The first kappa shape index (κ1) is 13.0. The average molecular weight is 271 g/mol. The number of nitriles is 1. The van der Waals surface area contributed by atoms with Gasteiger partial charge in [-0.1, -0.05) is 24.3 Å². The highest BCUT2D eigenvalue weighted by Crippen LogP contribution is 2.27. The van der Waals surface area contributed by atoms with Gasteiger partial charge in [0.2, 0.25) is 0 Å². The van der Waals surface area contributed by atoms with Crippen LogP contribution >= 0.6 is 0 Å². The zero-order valence-corrected chi connectivity index (χ0v) is 11.4. The zero-order chi connectivity index (χ0) is 14.5. The Labute approximate surface area is 123 Å². The van der Waals surface area contributed by atoms with E-state index in [9.17, 15) is 0 Å². The lowest BCUT2D eigenvalue weighted by Crippen LogP contribution is -1.89. The normalized spacial score (nSPS) is 10.0. The van der Waals surface area contributed by atoms with Crippen LogP contribution in [0.1, 0.15) is 5.56 Å². The van der Waals surface area contributed by atoms with Crippen molar-refractivity contribution >= 4 is 0 Å². The van der Waals surface area contributed by atoms with Crippen molar-refractivity contribution in [2.45, 2.75) is 6.42 Å². The Morgan fingerprint density at radius 2 is 1.38 bits per heavy atom. The molecule has 0 saturated heterocycles. The van der Waals surface area contributed by atoms with E-state index in [4.69, 9.17) is 5.26 Å². The van der Waals surface area contributed by atoms with Crippen molar-refractivity contribution in [1.82, 2.24) is 9.97 Å². The molecule has 0 aliphatic carbocycles. The van der Waals surface area contributed by atoms with Crippen LogP contribution in [0.5, 0.6) is 0 Å². The van der Waals surface area contributed by atoms with E-state index in [1.807, 2.05) is 48.8 Å². The molecule has 100 valence electrons. The maximum atomic E-state index is 8.97. The molecule has 0 saturated carbocycles. The van der Waals surface area contributed by atoms with Gasteiger partial charge < -0.3 is 0 Å². The summed E-state index contributed by atoms with van der Waals surface area (Å²) in [7, 11) is 0. The second-order valence-corrected chi connectivity index (χ2v) is 4.74. The van der Waals surface area contributed by atoms with Gasteiger partial charge in [0.05, 0.1) is 12.5 Å². The van der Waals surface area contributed by atoms with Gasteiger partial charge in [0.1, 0.15) is 0 Å². The lowest BCUT2D eigenvalue weighted by molar-refractivity contribution is 1.26. The van der Waals surface area contributed by atoms with Crippen molar-refractivity contribution in [2.75, 3.05) is 0 Å².